The van der Waals surface area contributed by atoms with Crippen LogP contribution >= 0.6 is 0 Å². The summed E-state index contributed by atoms with van der Waals surface area (Å²) in [6.45, 7) is 4.13. The average molecular weight is 527 g/mol. The second-order valence-corrected chi connectivity index (χ2v) is 10.5. The number of fused-ring (bicyclic) bond motifs is 1. The Bertz CT molecular complexity index is 1420. The number of alkyl halides is 3. The topological polar surface area (TPSA) is 84.5 Å². The Hall–Kier alpha value is -3.18. The molecule has 0 aliphatic heterocycles. The molecule has 2 N–H and O–H groups in total. The molecule has 0 bridgehead atoms. The minimum atomic E-state index is -4.63. The van der Waals surface area contributed by atoms with Crippen LogP contribution in [0.15, 0.2) is 48.5 Å². The van der Waals surface area contributed by atoms with Gasteiger partial charge in [0.2, 0.25) is 10.0 Å². The SMILES string of the molecule is COC(C)(c1ccc2cc(C(=O)N[C@H](C)c3cc(C)c(NS(C)(=O)=O)cc3F)ccc2c1)C(F)(F)F. The molecule has 1 amide bonds. The van der Waals surface area contributed by atoms with Crippen molar-refractivity contribution in [1.82, 2.24) is 5.32 Å². The molecule has 0 saturated heterocycles. The summed E-state index contributed by atoms with van der Waals surface area (Å²) < 4.78 is 85.2. The Balaban J connectivity index is 1.84. The normalized spacial score (nSPS) is 14.8. The average Bonchev–Trinajstić information content (AvgIpc) is 2.78. The van der Waals surface area contributed by atoms with Crippen molar-refractivity contribution in [2.24, 2.45) is 0 Å². The van der Waals surface area contributed by atoms with Gasteiger partial charge in [-0.25, -0.2) is 12.8 Å². The number of benzene rings is 3. The van der Waals surface area contributed by atoms with Crippen LogP contribution in [0.5, 0.6) is 0 Å². The fourth-order valence-electron chi connectivity index (χ4n) is 3.78. The van der Waals surface area contributed by atoms with Crippen LogP contribution in [0.1, 0.15) is 46.9 Å². The Kier molecular flexibility index (Phi) is 7.39. The van der Waals surface area contributed by atoms with Crippen molar-refractivity contribution in [2.75, 3.05) is 18.1 Å². The third-order valence-electron chi connectivity index (χ3n) is 6.06. The molecule has 3 rings (SSSR count). The number of hydrogen-bond donors (Lipinski definition) is 2. The van der Waals surface area contributed by atoms with Crippen LogP contribution < -0.4 is 10.0 Å². The monoisotopic (exact) mass is 526 g/mol. The molecule has 0 spiro atoms. The number of amides is 1. The molecule has 0 saturated carbocycles. The van der Waals surface area contributed by atoms with E-state index < -0.39 is 39.6 Å². The number of methoxy groups -OCH3 is 1. The largest absolute Gasteiger partial charge is 0.421 e. The Labute approximate surface area is 206 Å². The van der Waals surface area contributed by atoms with E-state index in [9.17, 15) is 30.8 Å². The van der Waals surface area contributed by atoms with E-state index in [0.717, 1.165) is 26.4 Å². The Morgan fingerprint density at radius 1 is 1.03 bits per heavy atom. The van der Waals surface area contributed by atoms with Crippen molar-refractivity contribution in [2.45, 2.75) is 38.6 Å². The third kappa shape index (κ3) is 5.62. The summed E-state index contributed by atoms with van der Waals surface area (Å²) in [7, 11) is -2.60. The van der Waals surface area contributed by atoms with Crippen LogP contribution in [-0.4, -0.2) is 33.9 Å². The van der Waals surface area contributed by atoms with Crippen LogP contribution in [0, 0.1) is 12.7 Å². The highest BCUT2D eigenvalue weighted by Gasteiger charge is 2.53. The summed E-state index contributed by atoms with van der Waals surface area (Å²) >= 11 is 0. The highest BCUT2D eigenvalue weighted by atomic mass is 32.2. The van der Waals surface area contributed by atoms with Crippen LogP contribution in [0.4, 0.5) is 23.2 Å². The predicted molar refractivity (Wildman–Crippen MR) is 130 cm³/mol. The molecule has 0 aromatic heterocycles. The summed E-state index contributed by atoms with van der Waals surface area (Å²) in [6, 6.07) is 10.4. The van der Waals surface area contributed by atoms with E-state index in [0.29, 0.717) is 16.3 Å². The number of ether oxygens (including phenoxy) is 1. The Morgan fingerprint density at radius 3 is 2.22 bits per heavy atom. The molecule has 36 heavy (non-hydrogen) atoms. The molecule has 3 aromatic carbocycles. The number of carbonyl (C=O) groups is 1. The lowest BCUT2D eigenvalue weighted by atomic mass is 9.92. The fraction of sp³-hybridized carbons (Fsp3) is 0.320. The first kappa shape index (κ1) is 27.4. The quantitative estimate of drug-likeness (QED) is 0.394. The zero-order valence-corrected chi connectivity index (χ0v) is 21.1. The summed E-state index contributed by atoms with van der Waals surface area (Å²) in [5, 5.41) is 3.72. The maximum Gasteiger partial charge on any atom is 0.421 e. The van der Waals surface area contributed by atoms with Gasteiger partial charge in [0.15, 0.2) is 5.60 Å². The van der Waals surface area contributed by atoms with Gasteiger partial charge in [0.05, 0.1) is 18.0 Å². The molecule has 1 unspecified atom stereocenters. The number of carbonyl (C=O) groups excluding carboxylic acids is 1. The summed E-state index contributed by atoms with van der Waals surface area (Å²) in [5.41, 5.74) is -1.59. The maximum atomic E-state index is 14.7. The zero-order chi connectivity index (χ0) is 27.1. The molecule has 11 heteroatoms. The van der Waals surface area contributed by atoms with Crippen molar-refractivity contribution in [3.63, 3.8) is 0 Å². The first-order valence-corrected chi connectivity index (χ1v) is 12.7. The van der Waals surface area contributed by atoms with Gasteiger partial charge < -0.3 is 10.1 Å². The minimum Gasteiger partial charge on any atom is -0.364 e. The summed E-state index contributed by atoms with van der Waals surface area (Å²) in [6.07, 6.45) is -3.67. The van der Waals surface area contributed by atoms with E-state index >= 15 is 0 Å². The molecular formula is C25H26F4N2O4S. The van der Waals surface area contributed by atoms with Gasteiger partial charge in [0.25, 0.3) is 5.91 Å². The minimum absolute atomic E-state index is 0.0736. The van der Waals surface area contributed by atoms with Crippen LogP contribution in [0.2, 0.25) is 0 Å². The second-order valence-electron chi connectivity index (χ2n) is 8.77. The lowest BCUT2D eigenvalue weighted by Gasteiger charge is -2.31. The summed E-state index contributed by atoms with van der Waals surface area (Å²) in [5.74, 6) is -1.21. The maximum absolute atomic E-state index is 14.7. The number of rotatable bonds is 7. The molecule has 0 heterocycles. The highest BCUT2D eigenvalue weighted by molar-refractivity contribution is 7.92. The van der Waals surface area contributed by atoms with Gasteiger partial charge in [-0.2, -0.15) is 13.2 Å². The highest BCUT2D eigenvalue weighted by Crippen LogP contribution is 2.42. The molecule has 6 nitrogen and oxygen atoms in total. The number of nitrogens with one attached hydrogen (secondary N) is 2. The van der Waals surface area contributed by atoms with Gasteiger partial charge in [-0.1, -0.05) is 18.2 Å². The number of anilines is 1. The lowest BCUT2D eigenvalue weighted by Crippen LogP contribution is -2.41. The van der Waals surface area contributed by atoms with E-state index in [1.54, 1.807) is 13.8 Å². The van der Waals surface area contributed by atoms with E-state index in [1.807, 2.05) is 0 Å². The van der Waals surface area contributed by atoms with Gasteiger partial charge in [0, 0.05) is 18.2 Å². The summed E-state index contributed by atoms with van der Waals surface area (Å²) in [4.78, 5) is 12.8. The molecule has 194 valence electrons. The standard InChI is InChI=1S/C25H26F4N2O4S/c1-14-10-20(21(26)13-22(14)31-36(5,33)34)15(2)30-23(32)18-7-6-17-12-19(9-8-16(17)11-18)24(3,35-4)25(27,28)29/h6-13,15,31H,1-5H3,(H,30,32)/t15-,24?/m1/s1. The number of sulfonamides is 1. The number of halogens is 4. The van der Waals surface area contributed by atoms with Gasteiger partial charge in [-0.15, -0.1) is 0 Å². The van der Waals surface area contributed by atoms with E-state index in [1.165, 1.54) is 42.5 Å². The van der Waals surface area contributed by atoms with Crippen molar-refractivity contribution in [3.8, 4) is 0 Å². The van der Waals surface area contributed by atoms with E-state index in [2.05, 4.69) is 10.0 Å². The van der Waals surface area contributed by atoms with Crippen molar-refractivity contribution in [3.05, 3.63) is 76.6 Å². The smallest absolute Gasteiger partial charge is 0.364 e. The molecule has 0 fully saturated rings. The van der Waals surface area contributed by atoms with Gasteiger partial charge in [0.1, 0.15) is 5.82 Å². The molecule has 3 aromatic rings. The van der Waals surface area contributed by atoms with Crippen molar-refractivity contribution in [1.29, 1.82) is 0 Å². The van der Waals surface area contributed by atoms with E-state index in [-0.39, 0.29) is 22.4 Å². The van der Waals surface area contributed by atoms with Crippen molar-refractivity contribution < 1.29 is 35.5 Å². The first-order valence-electron chi connectivity index (χ1n) is 10.8. The number of aryl methyl sites for hydroxylation is 1. The fourth-order valence-corrected chi connectivity index (χ4v) is 4.40. The number of hydrogen-bond acceptors (Lipinski definition) is 4. The predicted octanol–water partition coefficient (Wildman–Crippen LogP) is 5.57. The van der Waals surface area contributed by atoms with Gasteiger partial charge >= 0.3 is 6.18 Å². The molecule has 2 atom stereocenters. The van der Waals surface area contributed by atoms with Crippen molar-refractivity contribution >= 4 is 32.4 Å². The first-order chi connectivity index (χ1) is 16.6. The van der Waals surface area contributed by atoms with Crippen LogP contribution in [0.3, 0.4) is 0 Å². The zero-order valence-electron chi connectivity index (χ0n) is 20.2. The van der Waals surface area contributed by atoms with Gasteiger partial charge in [-0.05, 0) is 73.0 Å². The second kappa shape index (κ2) is 9.70. The lowest BCUT2D eigenvalue weighted by molar-refractivity contribution is -0.269. The van der Waals surface area contributed by atoms with Gasteiger partial charge in [-0.3, -0.25) is 9.52 Å². The van der Waals surface area contributed by atoms with E-state index in [4.69, 9.17) is 4.74 Å². The third-order valence-corrected chi connectivity index (χ3v) is 6.65. The molecule has 0 radical (unpaired) electrons. The van der Waals surface area contributed by atoms with Crippen LogP contribution in [0.25, 0.3) is 10.8 Å². The van der Waals surface area contributed by atoms with Crippen LogP contribution in [-0.2, 0) is 20.4 Å². The Morgan fingerprint density at radius 2 is 1.64 bits per heavy atom. The molecule has 0 aliphatic carbocycles. The molecular weight excluding hydrogens is 500 g/mol. The molecule has 0 aliphatic rings.